The second-order valence-electron chi connectivity index (χ2n) is 9.07. The number of hydrogen-bond acceptors (Lipinski definition) is 4. The summed E-state index contributed by atoms with van der Waals surface area (Å²) in [6.45, 7) is 2.27. The molecule has 2 aromatic heterocycles. The largest absolute Gasteiger partial charge is 0.481 e. The summed E-state index contributed by atoms with van der Waals surface area (Å²) >= 11 is 1.57. The van der Waals surface area contributed by atoms with Crippen molar-refractivity contribution in [3.63, 3.8) is 0 Å². The Kier molecular flexibility index (Phi) is 15.0. The van der Waals surface area contributed by atoms with Crippen LogP contribution in [0.3, 0.4) is 0 Å². The predicted molar refractivity (Wildman–Crippen MR) is 144 cm³/mol. The van der Waals surface area contributed by atoms with E-state index in [4.69, 9.17) is 5.11 Å². The van der Waals surface area contributed by atoms with Crippen LogP contribution in [0.4, 0.5) is 0 Å². The third-order valence-electron chi connectivity index (χ3n) is 6.06. The molecule has 6 heteroatoms. The van der Waals surface area contributed by atoms with Crippen molar-refractivity contribution >= 4 is 28.3 Å². The number of fused-ring (bicyclic) bond motifs is 1. The number of imidazole rings is 1. The number of para-hydroxylation sites is 2. The van der Waals surface area contributed by atoms with E-state index in [0.29, 0.717) is 6.42 Å². The van der Waals surface area contributed by atoms with Crippen molar-refractivity contribution in [1.29, 1.82) is 0 Å². The molecule has 5 nitrogen and oxygen atoms in total. The fourth-order valence-corrected chi connectivity index (χ4v) is 4.59. The number of unbranched alkanes of at least 4 members (excludes halogenated alkanes) is 14. The molecule has 0 atom stereocenters. The van der Waals surface area contributed by atoms with Crippen LogP contribution in [0.15, 0.2) is 35.2 Å². The normalized spacial score (nSPS) is 10.9. The Morgan fingerprint density at radius 1 is 0.853 bits per heavy atom. The number of aromatic amines is 1. The van der Waals surface area contributed by atoms with Crippen LogP contribution in [-0.4, -0.2) is 26.0 Å². The van der Waals surface area contributed by atoms with Gasteiger partial charge in [-0.05, 0) is 18.6 Å². The molecule has 0 radical (unpaired) electrons. The number of benzene rings is 1. The number of hydrogen-bond donors (Lipinski definition) is 2. The number of nitrogens with one attached hydrogen (secondary N) is 1. The summed E-state index contributed by atoms with van der Waals surface area (Å²) in [6, 6.07) is 7.97. The highest BCUT2D eigenvalue weighted by atomic mass is 32.1. The molecule has 3 aromatic rings. The molecule has 0 saturated carbocycles. The Hall–Kier alpha value is -2.21. The first-order valence-corrected chi connectivity index (χ1v) is 14.2. The molecule has 188 valence electrons. The SMILES string of the molecule is CCCCCCCCCCCCCCCCCC(=O)O.c1ccc2[nH]c(-c3cscn3)nc2c1. The average molecular weight is 486 g/mol. The van der Waals surface area contributed by atoms with Gasteiger partial charge in [0.25, 0.3) is 0 Å². The van der Waals surface area contributed by atoms with Gasteiger partial charge in [-0.3, -0.25) is 4.79 Å². The minimum Gasteiger partial charge on any atom is -0.481 e. The van der Waals surface area contributed by atoms with Gasteiger partial charge in [0.15, 0.2) is 5.82 Å². The highest BCUT2D eigenvalue weighted by Gasteiger charge is 2.05. The van der Waals surface area contributed by atoms with Crippen LogP contribution in [0, 0.1) is 0 Å². The zero-order chi connectivity index (χ0) is 24.3. The zero-order valence-corrected chi connectivity index (χ0v) is 21.8. The molecule has 3 rings (SSSR count). The summed E-state index contributed by atoms with van der Waals surface area (Å²) in [4.78, 5) is 22.2. The van der Waals surface area contributed by atoms with Crippen LogP contribution in [0.2, 0.25) is 0 Å². The highest BCUT2D eigenvalue weighted by Crippen LogP contribution is 2.19. The van der Waals surface area contributed by atoms with Crippen molar-refractivity contribution in [3.8, 4) is 11.5 Å². The minimum atomic E-state index is -0.653. The molecule has 0 amide bonds. The molecule has 34 heavy (non-hydrogen) atoms. The number of carbonyl (C=O) groups is 1. The number of carboxylic acids is 1. The summed E-state index contributed by atoms with van der Waals surface area (Å²) in [5, 5.41) is 10.5. The molecule has 0 bridgehead atoms. The molecule has 2 heterocycles. The maximum absolute atomic E-state index is 10.3. The first-order valence-electron chi connectivity index (χ1n) is 13.3. The fourth-order valence-electron chi connectivity index (χ4n) is 4.05. The molecule has 0 aliphatic heterocycles. The average Bonchev–Trinajstić information content (AvgIpc) is 3.52. The molecule has 0 fully saturated rings. The van der Waals surface area contributed by atoms with Crippen molar-refractivity contribution in [2.75, 3.05) is 0 Å². The Balaban J connectivity index is 0.000000252. The monoisotopic (exact) mass is 485 g/mol. The van der Waals surface area contributed by atoms with Gasteiger partial charge >= 0.3 is 5.97 Å². The Morgan fingerprint density at radius 2 is 1.41 bits per heavy atom. The number of H-pyrrole nitrogens is 1. The van der Waals surface area contributed by atoms with E-state index in [9.17, 15) is 4.79 Å². The first-order chi connectivity index (χ1) is 16.7. The number of nitrogens with zero attached hydrogens (tertiary/aromatic N) is 2. The van der Waals surface area contributed by atoms with Crippen molar-refractivity contribution in [1.82, 2.24) is 15.0 Å². The van der Waals surface area contributed by atoms with Gasteiger partial charge in [0.05, 0.1) is 16.5 Å². The van der Waals surface area contributed by atoms with Gasteiger partial charge in [-0.15, -0.1) is 11.3 Å². The van der Waals surface area contributed by atoms with E-state index in [2.05, 4.69) is 21.9 Å². The lowest BCUT2D eigenvalue weighted by atomic mass is 10.0. The molecule has 0 saturated heterocycles. The lowest BCUT2D eigenvalue weighted by molar-refractivity contribution is -0.137. The minimum absolute atomic E-state index is 0.345. The van der Waals surface area contributed by atoms with Gasteiger partial charge in [0.1, 0.15) is 5.69 Å². The topological polar surface area (TPSA) is 78.9 Å². The van der Waals surface area contributed by atoms with Crippen LogP contribution >= 0.6 is 11.3 Å². The van der Waals surface area contributed by atoms with Gasteiger partial charge in [-0.1, -0.05) is 109 Å². The lowest BCUT2D eigenvalue weighted by Crippen LogP contribution is -1.93. The van der Waals surface area contributed by atoms with Crippen molar-refractivity contribution < 1.29 is 9.90 Å². The van der Waals surface area contributed by atoms with E-state index in [1.165, 1.54) is 83.5 Å². The van der Waals surface area contributed by atoms with Crippen molar-refractivity contribution in [2.24, 2.45) is 0 Å². The number of thiazole rings is 1. The van der Waals surface area contributed by atoms with Crippen LogP contribution in [0.25, 0.3) is 22.6 Å². The summed E-state index contributed by atoms with van der Waals surface area (Å²) < 4.78 is 0. The summed E-state index contributed by atoms with van der Waals surface area (Å²) in [7, 11) is 0. The number of carboxylic acid groups (broad SMARTS) is 1. The van der Waals surface area contributed by atoms with Crippen LogP contribution in [0.5, 0.6) is 0 Å². The van der Waals surface area contributed by atoms with Gasteiger partial charge in [-0.2, -0.15) is 0 Å². The quantitative estimate of drug-likeness (QED) is 0.187. The predicted octanol–water partition coefficient (Wildman–Crippen LogP) is 9.02. The van der Waals surface area contributed by atoms with Crippen molar-refractivity contribution in [3.05, 3.63) is 35.2 Å². The maximum atomic E-state index is 10.3. The third kappa shape index (κ3) is 12.3. The Bertz CT molecular complexity index is 859. The van der Waals surface area contributed by atoms with Gasteiger partial charge in [0, 0.05) is 11.8 Å². The number of aromatic nitrogens is 3. The molecule has 0 spiro atoms. The van der Waals surface area contributed by atoms with Crippen LogP contribution < -0.4 is 0 Å². The number of rotatable bonds is 17. The molecule has 0 aliphatic carbocycles. The van der Waals surface area contributed by atoms with Gasteiger partial charge in [-0.25, -0.2) is 9.97 Å². The maximum Gasteiger partial charge on any atom is 0.303 e. The molecular formula is C28H43N3O2S. The van der Waals surface area contributed by atoms with E-state index in [1.54, 1.807) is 11.3 Å². The van der Waals surface area contributed by atoms with Gasteiger partial charge < -0.3 is 10.1 Å². The molecule has 1 aromatic carbocycles. The second kappa shape index (κ2) is 18.2. The van der Waals surface area contributed by atoms with E-state index in [0.717, 1.165) is 35.4 Å². The molecule has 0 aliphatic rings. The van der Waals surface area contributed by atoms with Crippen molar-refractivity contribution in [2.45, 2.75) is 110 Å². The molecular weight excluding hydrogens is 442 g/mol. The van der Waals surface area contributed by atoms with Gasteiger partial charge in [0.2, 0.25) is 0 Å². The van der Waals surface area contributed by atoms with E-state index >= 15 is 0 Å². The Labute approximate surface area is 209 Å². The summed E-state index contributed by atoms with van der Waals surface area (Å²) in [6.07, 6.45) is 20.2. The Morgan fingerprint density at radius 3 is 1.91 bits per heavy atom. The standard InChI is InChI=1S/C18H36O2.C10H7N3S/c1-2-3-4-5-6-7-8-9-10-11-12-13-14-15-16-17-18(19)20;1-2-4-8-7(3-1)12-10(13-8)9-5-14-6-11-9/h2-17H2,1H3,(H,19,20);1-6H,(H,12,13). The van der Waals surface area contributed by atoms with Crippen LogP contribution in [-0.2, 0) is 4.79 Å². The van der Waals surface area contributed by atoms with E-state index < -0.39 is 5.97 Å². The summed E-state index contributed by atoms with van der Waals surface area (Å²) in [5.74, 6) is 0.187. The van der Waals surface area contributed by atoms with E-state index in [-0.39, 0.29) is 0 Å². The van der Waals surface area contributed by atoms with Crippen LogP contribution in [0.1, 0.15) is 110 Å². The summed E-state index contributed by atoms with van der Waals surface area (Å²) in [5.41, 5.74) is 4.75. The molecule has 2 N–H and O–H groups in total. The lowest BCUT2D eigenvalue weighted by Gasteiger charge is -2.03. The van der Waals surface area contributed by atoms with E-state index in [1.807, 2.05) is 35.2 Å². The smallest absolute Gasteiger partial charge is 0.303 e. The highest BCUT2D eigenvalue weighted by molar-refractivity contribution is 7.07. The second-order valence-corrected chi connectivity index (χ2v) is 9.79. The fraction of sp³-hybridized carbons (Fsp3) is 0.607. The molecule has 0 unspecified atom stereocenters. The third-order valence-corrected chi connectivity index (χ3v) is 6.64. The zero-order valence-electron chi connectivity index (χ0n) is 20.9. The number of aliphatic carboxylic acids is 1. The first kappa shape index (κ1) is 28.0.